The number of thiophene rings is 1. The SMILES string of the molecule is CN=C(NCCc1nc(C)c(C)s1)NCc1ccc(S(=O)(=O)N(C)C)s1. The number of aliphatic imine (C=N–C) groups is 1. The zero-order valence-electron chi connectivity index (χ0n) is 15.7. The number of aromatic nitrogens is 1. The molecule has 0 aliphatic heterocycles. The van der Waals surface area contributed by atoms with Crippen LogP contribution in [0.3, 0.4) is 0 Å². The van der Waals surface area contributed by atoms with Crippen molar-refractivity contribution in [3.8, 4) is 0 Å². The van der Waals surface area contributed by atoms with E-state index in [9.17, 15) is 8.42 Å². The summed E-state index contributed by atoms with van der Waals surface area (Å²) in [5.74, 6) is 0.681. The number of nitrogens with one attached hydrogen (secondary N) is 2. The summed E-state index contributed by atoms with van der Waals surface area (Å²) in [5, 5.41) is 7.57. The van der Waals surface area contributed by atoms with Gasteiger partial charge in [-0.25, -0.2) is 17.7 Å². The van der Waals surface area contributed by atoms with Crippen LogP contribution in [-0.2, 0) is 23.0 Å². The van der Waals surface area contributed by atoms with Gasteiger partial charge < -0.3 is 10.6 Å². The Labute approximate surface area is 163 Å². The molecule has 2 aromatic rings. The van der Waals surface area contributed by atoms with Gasteiger partial charge in [0.05, 0.1) is 17.2 Å². The Kier molecular flexibility index (Phi) is 7.16. The average Bonchev–Trinajstić information content (AvgIpc) is 3.18. The molecule has 10 heteroatoms. The highest BCUT2D eigenvalue weighted by molar-refractivity contribution is 7.91. The highest BCUT2D eigenvalue weighted by Gasteiger charge is 2.19. The zero-order valence-corrected chi connectivity index (χ0v) is 18.1. The van der Waals surface area contributed by atoms with Gasteiger partial charge in [-0.3, -0.25) is 4.99 Å². The summed E-state index contributed by atoms with van der Waals surface area (Å²) >= 11 is 2.98. The van der Waals surface area contributed by atoms with E-state index in [-0.39, 0.29) is 0 Å². The minimum absolute atomic E-state index is 0.344. The van der Waals surface area contributed by atoms with Crippen molar-refractivity contribution < 1.29 is 8.42 Å². The Balaban J connectivity index is 1.84. The van der Waals surface area contributed by atoms with Gasteiger partial charge in [-0.2, -0.15) is 0 Å². The first-order valence-electron chi connectivity index (χ1n) is 8.12. The Bertz CT molecular complexity index is 849. The maximum absolute atomic E-state index is 12.1. The number of sulfonamides is 1. The van der Waals surface area contributed by atoms with Crippen molar-refractivity contribution in [1.29, 1.82) is 0 Å². The minimum atomic E-state index is -3.37. The van der Waals surface area contributed by atoms with Crippen LogP contribution in [0.1, 0.15) is 20.5 Å². The Hall–Kier alpha value is -1.49. The smallest absolute Gasteiger partial charge is 0.252 e. The number of rotatable bonds is 7. The molecule has 26 heavy (non-hydrogen) atoms. The summed E-state index contributed by atoms with van der Waals surface area (Å²) in [4.78, 5) is 10.9. The first kappa shape index (κ1) is 20.8. The van der Waals surface area contributed by atoms with Gasteiger partial charge in [0.1, 0.15) is 4.21 Å². The number of thiazole rings is 1. The van der Waals surface area contributed by atoms with Gasteiger partial charge in [0, 0.05) is 43.9 Å². The van der Waals surface area contributed by atoms with Crippen LogP contribution in [0.2, 0.25) is 0 Å². The van der Waals surface area contributed by atoms with E-state index in [4.69, 9.17) is 0 Å². The fourth-order valence-electron chi connectivity index (χ4n) is 2.10. The molecule has 2 aromatic heterocycles. The van der Waals surface area contributed by atoms with E-state index in [2.05, 4.69) is 27.5 Å². The Morgan fingerprint density at radius 1 is 1.23 bits per heavy atom. The van der Waals surface area contributed by atoms with Gasteiger partial charge in [-0.1, -0.05) is 0 Å². The van der Waals surface area contributed by atoms with Crippen LogP contribution in [0, 0.1) is 13.8 Å². The van der Waals surface area contributed by atoms with Crippen molar-refractivity contribution >= 4 is 38.7 Å². The van der Waals surface area contributed by atoms with E-state index in [1.54, 1.807) is 24.5 Å². The van der Waals surface area contributed by atoms with Crippen molar-refractivity contribution in [2.24, 2.45) is 4.99 Å². The van der Waals surface area contributed by atoms with E-state index < -0.39 is 10.0 Å². The quantitative estimate of drug-likeness (QED) is 0.533. The third-order valence-corrected chi connectivity index (χ3v) is 8.23. The van der Waals surface area contributed by atoms with Crippen molar-refractivity contribution in [1.82, 2.24) is 19.9 Å². The molecular weight excluding hydrogens is 390 g/mol. The molecule has 0 aliphatic rings. The number of hydrogen-bond acceptors (Lipinski definition) is 6. The first-order valence-corrected chi connectivity index (χ1v) is 11.2. The average molecular weight is 416 g/mol. The van der Waals surface area contributed by atoms with E-state index in [0.717, 1.165) is 28.5 Å². The van der Waals surface area contributed by atoms with E-state index >= 15 is 0 Å². The highest BCUT2D eigenvalue weighted by Crippen LogP contribution is 2.23. The van der Waals surface area contributed by atoms with Crippen LogP contribution in [-0.4, -0.2) is 51.4 Å². The summed E-state index contributed by atoms with van der Waals surface area (Å²) in [7, 11) is 1.40. The maximum Gasteiger partial charge on any atom is 0.252 e. The predicted molar refractivity (Wildman–Crippen MR) is 109 cm³/mol. The lowest BCUT2D eigenvalue weighted by Crippen LogP contribution is -2.37. The lowest BCUT2D eigenvalue weighted by molar-refractivity contribution is 0.523. The van der Waals surface area contributed by atoms with Gasteiger partial charge in [0.15, 0.2) is 5.96 Å². The number of aryl methyl sites for hydroxylation is 2. The molecule has 2 N–H and O–H groups in total. The molecule has 7 nitrogen and oxygen atoms in total. The second-order valence-corrected chi connectivity index (χ2v) is 10.7. The van der Waals surface area contributed by atoms with Crippen molar-refractivity contribution in [3.05, 3.63) is 32.6 Å². The lowest BCUT2D eigenvalue weighted by Gasteiger charge is -2.10. The molecule has 0 radical (unpaired) electrons. The van der Waals surface area contributed by atoms with Crippen molar-refractivity contribution in [2.45, 2.75) is 31.0 Å². The molecule has 0 saturated heterocycles. The lowest BCUT2D eigenvalue weighted by atomic mass is 10.4. The van der Waals surface area contributed by atoms with Crippen LogP contribution in [0.5, 0.6) is 0 Å². The maximum atomic E-state index is 12.1. The van der Waals surface area contributed by atoms with Gasteiger partial charge in [0.25, 0.3) is 10.0 Å². The first-order chi connectivity index (χ1) is 12.2. The van der Waals surface area contributed by atoms with Crippen LogP contribution < -0.4 is 10.6 Å². The van der Waals surface area contributed by atoms with Gasteiger partial charge >= 0.3 is 0 Å². The zero-order chi connectivity index (χ0) is 19.3. The van der Waals surface area contributed by atoms with E-state index in [1.165, 1.54) is 34.6 Å². The van der Waals surface area contributed by atoms with Crippen LogP contribution in [0.25, 0.3) is 0 Å². The standard InChI is InChI=1S/C16H25N5O2S3/c1-11-12(2)24-14(20-11)8-9-18-16(17-3)19-10-13-6-7-15(25-13)26(22,23)21(4)5/h6-7H,8-10H2,1-5H3,(H2,17,18,19). The van der Waals surface area contributed by atoms with Crippen LogP contribution in [0.4, 0.5) is 0 Å². The third kappa shape index (κ3) is 5.26. The van der Waals surface area contributed by atoms with Crippen LogP contribution in [0.15, 0.2) is 21.3 Å². The highest BCUT2D eigenvalue weighted by atomic mass is 32.2. The molecule has 0 spiro atoms. The monoisotopic (exact) mass is 415 g/mol. The largest absolute Gasteiger partial charge is 0.356 e. The Morgan fingerprint density at radius 2 is 1.96 bits per heavy atom. The summed E-state index contributed by atoms with van der Waals surface area (Å²) in [6.07, 6.45) is 0.838. The summed E-state index contributed by atoms with van der Waals surface area (Å²) in [5.41, 5.74) is 1.09. The number of hydrogen-bond donors (Lipinski definition) is 2. The number of nitrogens with zero attached hydrogens (tertiary/aromatic N) is 3. The second kappa shape index (κ2) is 8.94. The molecule has 0 fully saturated rings. The fraction of sp³-hybridized carbons (Fsp3) is 0.500. The summed E-state index contributed by atoms with van der Waals surface area (Å²) < 4.78 is 25.8. The molecule has 0 atom stereocenters. The second-order valence-electron chi connectivity index (χ2n) is 5.86. The molecule has 0 amide bonds. The molecule has 0 aromatic carbocycles. The van der Waals surface area contributed by atoms with Crippen molar-refractivity contribution in [3.63, 3.8) is 0 Å². The molecule has 0 bridgehead atoms. The van der Waals surface area contributed by atoms with Crippen LogP contribution >= 0.6 is 22.7 Å². The molecule has 0 saturated carbocycles. The number of guanidine groups is 1. The van der Waals surface area contributed by atoms with E-state index in [0.29, 0.717) is 16.7 Å². The Morgan fingerprint density at radius 3 is 2.54 bits per heavy atom. The van der Waals surface area contributed by atoms with Gasteiger partial charge in [-0.15, -0.1) is 22.7 Å². The molecule has 144 valence electrons. The fourth-order valence-corrected chi connectivity index (χ4v) is 5.50. The summed E-state index contributed by atoms with van der Waals surface area (Å²) in [6, 6.07) is 3.46. The predicted octanol–water partition coefficient (Wildman–Crippen LogP) is 1.98. The molecule has 0 unspecified atom stereocenters. The molecule has 2 heterocycles. The van der Waals surface area contributed by atoms with Crippen molar-refractivity contribution in [2.75, 3.05) is 27.7 Å². The van der Waals surface area contributed by atoms with Gasteiger partial charge in [0.2, 0.25) is 0 Å². The molecule has 0 aliphatic carbocycles. The molecule has 2 rings (SSSR count). The minimum Gasteiger partial charge on any atom is -0.356 e. The third-order valence-electron chi connectivity index (χ3n) is 3.73. The van der Waals surface area contributed by atoms with E-state index in [1.807, 2.05) is 13.0 Å². The molecular formula is C16H25N5O2S3. The topological polar surface area (TPSA) is 86.7 Å². The summed E-state index contributed by atoms with van der Waals surface area (Å²) in [6.45, 7) is 5.35. The van der Waals surface area contributed by atoms with Gasteiger partial charge in [-0.05, 0) is 26.0 Å². The normalized spacial score (nSPS) is 12.6.